The summed E-state index contributed by atoms with van der Waals surface area (Å²) in [5.41, 5.74) is 1.87. The Morgan fingerprint density at radius 1 is 1.12 bits per heavy atom. The average molecular weight is 495 g/mol. The second-order valence-corrected chi connectivity index (χ2v) is 8.37. The lowest BCUT2D eigenvalue weighted by Gasteiger charge is -2.37. The number of halogens is 2. The third kappa shape index (κ3) is 5.62. The zero-order chi connectivity index (χ0) is 23.3. The molecule has 3 rings (SSSR count). The minimum Gasteiger partial charge on any atom is -0.494 e. The molecule has 0 atom stereocenters. The molecular formula is C22H24Cl2N4O3S. The number of para-hydroxylation sites is 2. The largest absolute Gasteiger partial charge is 0.494 e. The van der Waals surface area contributed by atoms with Crippen LogP contribution in [0.4, 0.5) is 11.4 Å². The molecule has 0 unspecified atom stereocenters. The molecule has 32 heavy (non-hydrogen) atoms. The Morgan fingerprint density at radius 2 is 1.81 bits per heavy atom. The summed E-state index contributed by atoms with van der Waals surface area (Å²) in [6.45, 7) is 4.62. The highest BCUT2D eigenvalue weighted by molar-refractivity contribution is 7.80. The third-order valence-corrected chi connectivity index (χ3v) is 5.82. The summed E-state index contributed by atoms with van der Waals surface area (Å²) < 4.78 is 5.23. The lowest BCUT2D eigenvalue weighted by atomic mass is 10.2. The molecule has 1 aliphatic heterocycles. The fourth-order valence-electron chi connectivity index (χ4n) is 3.54. The first kappa shape index (κ1) is 24.1. The number of thiocarbonyl (C=S) groups is 1. The highest BCUT2D eigenvalue weighted by atomic mass is 35.5. The van der Waals surface area contributed by atoms with Crippen LogP contribution >= 0.6 is 35.4 Å². The zero-order valence-electron chi connectivity index (χ0n) is 17.8. The number of carbonyl (C=O) groups is 2. The minimum atomic E-state index is -0.493. The van der Waals surface area contributed by atoms with Gasteiger partial charge >= 0.3 is 0 Å². The van der Waals surface area contributed by atoms with Crippen molar-refractivity contribution in [1.29, 1.82) is 0 Å². The first-order valence-electron chi connectivity index (χ1n) is 10.1. The smallest absolute Gasteiger partial charge is 0.261 e. The Bertz CT molecular complexity index is 1030. The Labute approximate surface area is 202 Å². The van der Waals surface area contributed by atoms with Gasteiger partial charge < -0.3 is 19.9 Å². The predicted molar refractivity (Wildman–Crippen MR) is 132 cm³/mol. The monoisotopic (exact) mass is 494 g/mol. The normalized spacial score (nSPS) is 13.5. The molecule has 0 spiro atoms. The number of anilines is 2. The summed E-state index contributed by atoms with van der Waals surface area (Å²) in [5, 5.41) is 6.41. The number of methoxy groups -OCH3 is 1. The molecule has 0 radical (unpaired) electrons. The summed E-state index contributed by atoms with van der Waals surface area (Å²) in [6, 6.07) is 10.6. The van der Waals surface area contributed by atoms with Crippen LogP contribution in [0.15, 0.2) is 36.4 Å². The summed E-state index contributed by atoms with van der Waals surface area (Å²) in [4.78, 5) is 28.8. The molecule has 1 heterocycles. The van der Waals surface area contributed by atoms with Crippen molar-refractivity contribution in [2.24, 2.45) is 0 Å². The number of hydrogen-bond acceptors (Lipinski definition) is 5. The van der Waals surface area contributed by atoms with Gasteiger partial charge in [0.15, 0.2) is 5.11 Å². The van der Waals surface area contributed by atoms with E-state index in [2.05, 4.69) is 15.5 Å². The summed E-state index contributed by atoms with van der Waals surface area (Å²) in [5.74, 6) is -0.110. The van der Waals surface area contributed by atoms with Gasteiger partial charge in [0.2, 0.25) is 5.91 Å². The van der Waals surface area contributed by atoms with E-state index in [0.29, 0.717) is 37.6 Å². The molecule has 2 aromatic rings. The van der Waals surface area contributed by atoms with Gasteiger partial charge in [0.25, 0.3) is 5.91 Å². The maximum atomic E-state index is 12.8. The standard InChI is InChI=1S/C22H24Cl2N4O3S/c1-3-19(29)28-10-8-27(9-11-28)18-7-5-4-6-17(18)25-22(32)26-21(30)15-12-14(23)13-16(24)20(15)31-2/h4-7,12-13H,3,8-11H2,1-2H3,(H2,25,26,30,32). The van der Waals surface area contributed by atoms with Crippen LogP contribution in [0.3, 0.4) is 0 Å². The molecular weight excluding hydrogens is 471 g/mol. The van der Waals surface area contributed by atoms with Crippen LogP contribution in [0, 0.1) is 0 Å². The van der Waals surface area contributed by atoms with Crippen molar-refractivity contribution in [3.8, 4) is 5.75 Å². The van der Waals surface area contributed by atoms with E-state index >= 15 is 0 Å². The molecule has 2 N–H and O–H groups in total. The van der Waals surface area contributed by atoms with Crippen LogP contribution in [-0.2, 0) is 4.79 Å². The molecule has 1 fully saturated rings. The van der Waals surface area contributed by atoms with Crippen molar-refractivity contribution in [3.05, 3.63) is 52.0 Å². The molecule has 0 bridgehead atoms. The van der Waals surface area contributed by atoms with Crippen LogP contribution in [0.5, 0.6) is 5.75 Å². The summed E-state index contributed by atoms with van der Waals surface area (Å²) >= 11 is 17.5. The van der Waals surface area contributed by atoms with Crippen LogP contribution in [0.2, 0.25) is 10.0 Å². The van der Waals surface area contributed by atoms with Gasteiger partial charge in [0, 0.05) is 37.6 Å². The number of ether oxygens (including phenoxy) is 1. The van der Waals surface area contributed by atoms with Crippen LogP contribution < -0.4 is 20.3 Å². The second-order valence-electron chi connectivity index (χ2n) is 7.12. The van der Waals surface area contributed by atoms with Crippen molar-refractivity contribution < 1.29 is 14.3 Å². The lowest BCUT2D eigenvalue weighted by Crippen LogP contribution is -2.48. The van der Waals surface area contributed by atoms with Crippen LogP contribution in [0.1, 0.15) is 23.7 Å². The third-order valence-electron chi connectivity index (χ3n) is 5.11. The maximum absolute atomic E-state index is 12.8. The quantitative estimate of drug-likeness (QED) is 0.607. The Kier molecular flexibility index (Phi) is 8.17. The molecule has 10 heteroatoms. The fourth-order valence-corrected chi connectivity index (χ4v) is 4.31. The van der Waals surface area contributed by atoms with E-state index in [9.17, 15) is 9.59 Å². The maximum Gasteiger partial charge on any atom is 0.261 e. The molecule has 0 aliphatic carbocycles. The first-order chi connectivity index (χ1) is 15.3. The second kappa shape index (κ2) is 10.8. The van der Waals surface area contributed by atoms with Gasteiger partial charge in [0.05, 0.1) is 29.1 Å². The van der Waals surface area contributed by atoms with Gasteiger partial charge in [-0.15, -0.1) is 0 Å². The Hall–Kier alpha value is -2.55. The Morgan fingerprint density at radius 3 is 2.47 bits per heavy atom. The topological polar surface area (TPSA) is 73.9 Å². The van der Waals surface area contributed by atoms with E-state index in [4.69, 9.17) is 40.2 Å². The van der Waals surface area contributed by atoms with Crippen molar-refractivity contribution in [2.75, 3.05) is 43.5 Å². The number of nitrogens with one attached hydrogen (secondary N) is 2. The molecule has 0 saturated carbocycles. The highest BCUT2D eigenvalue weighted by Crippen LogP contribution is 2.32. The number of amides is 2. The average Bonchev–Trinajstić information content (AvgIpc) is 2.78. The molecule has 0 aromatic heterocycles. The predicted octanol–water partition coefficient (Wildman–Crippen LogP) is 4.19. The minimum absolute atomic E-state index is 0.125. The summed E-state index contributed by atoms with van der Waals surface area (Å²) in [7, 11) is 1.42. The van der Waals surface area contributed by atoms with Crippen molar-refractivity contribution in [3.63, 3.8) is 0 Å². The van der Waals surface area contributed by atoms with Gasteiger partial charge in [-0.05, 0) is 36.5 Å². The SMILES string of the molecule is CCC(=O)N1CCN(c2ccccc2NC(=S)NC(=O)c2cc(Cl)cc(Cl)c2OC)CC1. The van der Waals surface area contributed by atoms with Crippen molar-refractivity contribution in [2.45, 2.75) is 13.3 Å². The van der Waals surface area contributed by atoms with Gasteiger partial charge in [0.1, 0.15) is 5.75 Å². The Balaban J connectivity index is 1.69. The molecule has 1 aliphatic rings. The number of nitrogens with zero attached hydrogens (tertiary/aromatic N) is 2. The summed E-state index contributed by atoms with van der Waals surface area (Å²) in [6.07, 6.45) is 0.509. The highest BCUT2D eigenvalue weighted by Gasteiger charge is 2.22. The van der Waals surface area contributed by atoms with Crippen LogP contribution in [-0.4, -0.2) is 55.1 Å². The molecule has 170 valence electrons. The van der Waals surface area contributed by atoms with Gasteiger partial charge in [-0.25, -0.2) is 0 Å². The number of piperazine rings is 1. The van der Waals surface area contributed by atoms with Gasteiger partial charge in [-0.3, -0.25) is 14.9 Å². The van der Waals surface area contributed by atoms with Crippen molar-refractivity contribution in [1.82, 2.24) is 10.2 Å². The van der Waals surface area contributed by atoms with E-state index in [0.717, 1.165) is 11.4 Å². The molecule has 7 nitrogen and oxygen atoms in total. The molecule has 1 saturated heterocycles. The van der Waals surface area contributed by atoms with Crippen molar-refractivity contribution >= 4 is 63.7 Å². The number of hydrogen-bond donors (Lipinski definition) is 2. The van der Waals surface area contributed by atoms with Gasteiger partial charge in [-0.1, -0.05) is 42.3 Å². The first-order valence-corrected chi connectivity index (χ1v) is 11.3. The van der Waals surface area contributed by atoms with E-state index in [1.165, 1.54) is 19.2 Å². The van der Waals surface area contributed by atoms with E-state index < -0.39 is 5.91 Å². The van der Waals surface area contributed by atoms with E-state index in [-0.39, 0.29) is 27.4 Å². The van der Waals surface area contributed by atoms with E-state index in [1.807, 2.05) is 36.1 Å². The number of benzene rings is 2. The molecule has 2 aromatic carbocycles. The number of carbonyl (C=O) groups excluding carboxylic acids is 2. The molecule has 2 amide bonds. The fraction of sp³-hybridized carbons (Fsp3) is 0.318. The number of rotatable bonds is 5. The van der Waals surface area contributed by atoms with E-state index in [1.54, 1.807) is 0 Å². The van der Waals surface area contributed by atoms with Crippen LogP contribution in [0.25, 0.3) is 0 Å². The lowest BCUT2D eigenvalue weighted by molar-refractivity contribution is -0.131. The zero-order valence-corrected chi connectivity index (χ0v) is 20.1. The van der Waals surface area contributed by atoms with Gasteiger partial charge in [-0.2, -0.15) is 0 Å².